The fourth-order valence-electron chi connectivity index (χ4n) is 1.66. The van der Waals surface area contributed by atoms with Crippen molar-refractivity contribution in [1.82, 2.24) is 4.98 Å². The third-order valence-electron chi connectivity index (χ3n) is 2.48. The smallest absolute Gasteiger partial charge is 0.244 e. The second kappa shape index (κ2) is 6.04. The summed E-state index contributed by atoms with van der Waals surface area (Å²) in [5.74, 6) is -0.484. The van der Waals surface area contributed by atoms with Crippen LogP contribution >= 0.6 is 27.5 Å². The monoisotopic (exact) mass is 339 g/mol. The fourth-order valence-corrected chi connectivity index (χ4v) is 2.23. The number of carbonyl (C=O) groups excluding carboxylic acids is 1. The van der Waals surface area contributed by atoms with E-state index >= 15 is 0 Å². The van der Waals surface area contributed by atoms with Gasteiger partial charge in [-0.2, -0.15) is 0 Å². The van der Waals surface area contributed by atoms with Gasteiger partial charge in [0.2, 0.25) is 5.91 Å². The molecule has 4 nitrogen and oxygen atoms in total. The number of benzene rings is 1. The van der Waals surface area contributed by atoms with Crippen molar-refractivity contribution in [3.05, 3.63) is 57.8 Å². The molecule has 0 saturated heterocycles. The molecule has 0 saturated carbocycles. The average Bonchev–Trinajstić information content (AvgIpc) is 2.35. The van der Waals surface area contributed by atoms with Crippen LogP contribution in [-0.4, -0.2) is 10.9 Å². The molecule has 0 spiro atoms. The van der Waals surface area contributed by atoms with Gasteiger partial charge in [-0.3, -0.25) is 9.78 Å². The second-order valence-electron chi connectivity index (χ2n) is 3.93. The zero-order chi connectivity index (χ0) is 13.8. The molecule has 3 N–H and O–H groups in total. The van der Waals surface area contributed by atoms with Crippen molar-refractivity contribution in [2.24, 2.45) is 5.73 Å². The van der Waals surface area contributed by atoms with E-state index in [9.17, 15) is 4.79 Å². The second-order valence-corrected chi connectivity index (χ2v) is 5.28. The van der Waals surface area contributed by atoms with E-state index in [1.54, 1.807) is 36.7 Å². The van der Waals surface area contributed by atoms with Gasteiger partial charge in [-0.05, 0) is 39.7 Å². The minimum Gasteiger partial charge on any atom is -0.369 e. The standard InChI is InChI=1S/C13H11BrClN3O/c14-9-5-11(7-17-6-9)18-12(13(16)19)8-2-1-3-10(15)4-8/h1-7,12,18H,(H2,16,19)/t12-/m1/s1. The summed E-state index contributed by atoms with van der Waals surface area (Å²) in [6.45, 7) is 0. The van der Waals surface area contributed by atoms with Crippen molar-refractivity contribution in [3.63, 3.8) is 0 Å². The predicted molar refractivity (Wildman–Crippen MR) is 78.9 cm³/mol. The molecule has 0 aliphatic heterocycles. The lowest BCUT2D eigenvalue weighted by Gasteiger charge is -2.17. The Balaban J connectivity index is 2.29. The van der Waals surface area contributed by atoms with Gasteiger partial charge in [0.05, 0.1) is 11.9 Å². The van der Waals surface area contributed by atoms with Gasteiger partial charge < -0.3 is 11.1 Å². The lowest BCUT2D eigenvalue weighted by Crippen LogP contribution is -2.27. The Morgan fingerprint density at radius 1 is 1.37 bits per heavy atom. The minimum atomic E-state index is -0.658. The van der Waals surface area contributed by atoms with Gasteiger partial charge in [0.25, 0.3) is 0 Å². The number of halogens is 2. The number of nitrogens with two attached hydrogens (primary N) is 1. The maximum absolute atomic E-state index is 11.6. The molecule has 0 aliphatic rings. The van der Waals surface area contributed by atoms with Crippen LogP contribution in [0.25, 0.3) is 0 Å². The lowest BCUT2D eigenvalue weighted by atomic mass is 10.1. The molecular weight excluding hydrogens is 330 g/mol. The Morgan fingerprint density at radius 2 is 2.16 bits per heavy atom. The van der Waals surface area contributed by atoms with Gasteiger partial charge in [-0.25, -0.2) is 0 Å². The zero-order valence-corrected chi connectivity index (χ0v) is 12.1. The average molecular weight is 341 g/mol. The highest BCUT2D eigenvalue weighted by Crippen LogP contribution is 2.23. The highest BCUT2D eigenvalue weighted by molar-refractivity contribution is 9.10. The Hall–Kier alpha value is -1.59. The van der Waals surface area contributed by atoms with Crippen LogP contribution in [-0.2, 0) is 4.79 Å². The topological polar surface area (TPSA) is 68.0 Å². The van der Waals surface area contributed by atoms with Crippen LogP contribution in [0.4, 0.5) is 5.69 Å². The highest BCUT2D eigenvalue weighted by atomic mass is 79.9. The summed E-state index contributed by atoms with van der Waals surface area (Å²) in [5.41, 5.74) is 6.83. The summed E-state index contributed by atoms with van der Waals surface area (Å²) in [4.78, 5) is 15.6. The summed E-state index contributed by atoms with van der Waals surface area (Å²) in [5, 5.41) is 3.59. The molecule has 19 heavy (non-hydrogen) atoms. The maximum Gasteiger partial charge on any atom is 0.244 e. The van der Waals surface area contributed by atoms with Gasteiger partial charge in [0.15, 0.2) is 0 Å². The molecule has 2 aromatic rings. The summed E-state index contributed by atoms with van der Waals surface area (Å²) >= 11 is 9.24. The fraction of sp³-hybridized carbons (Fsp3) is 0.0769. The number of anilines is 1. The van der Waals surface area contributed by atoms with Gasteiger partial charge in [0, 0.05) is 15.7 Å². The first kappa shape index (κ1) is 13.8. The Labute approximate surface area is 124 Å². The molecule has 1 heterocycles. The summed E-state index contributed by atoms with van der Waals surface area (Å²) in [6, 6.07) is 8.16. The molecule has 0 bridgehead atoms. The Morgan fingerprint density at radius 3 is 2.79 bits per heavy atom. The minimum absolute atomic E-state index is 0.484. The first-order chi connectivity index (χ1) is 9.06. The van der Waals surface area contributed by atoms with E-state index in [4.69, 9.17) is 17.3 Å². The molecule has 0 fully saturated rings. The van der Waals surface area contributed by atoms with Gasteiger partial charge >= 0.3 is 0 Å². The normalized spacial score (nSPS) is 11.9. The lowest BCUT2D eigenvalue weighted by molar-refractivity contribution is -0.118. The van der Waals surface area contributed by atoms with E-state index in [0.29, 0.717) is 16.3 Å². The zero-order valence-electron chi connectivity index (χ0n) is 9.81. The predicted octanol–water partition coefficient (Wildman–Crippen LogP) is 3.14. The molecule has 1 atom stereocenters. The third kappa shape index (κ3) is 3.68. The Kier molecular flexibility index (Phi) is 4.39. The van der Waals surface area contributed by atoms with Crippen LogP contribution < -0.4 is 11.1 Å². The van der Waals surface area contributed by atoms with E-state index in [-0.39, 0.29) is 0 Å². The maximum atomic E-state index is 11.6. The van der Waals surface area contributed by atoms with Crippen molar-refractivity contribution in [2.45, 2.75) is 6.04 Å². The molecular formula is C13H11BrClN3O. The highest BCUT2D eigenvalue weighted by Gasteiger charge is 2.18. The van der Waals surface area contributed by atoms with E-state index in [2.05, 4.69) is 26.2 Å². The molecule has 1 amide bonds. The van der Waals surface area contributed by atoms with Crippen LogP contribution in [0.3, 0.4) is 0 Å². The number of hydrogen-bond acceptors (Lipinski definition) is 3. The van der Waals surface area contributed by atoms with Crippen molar-refractivity contribution >= 4 is 39.1 Å². The molecule has 98 valence electrons. The number of primary amides is 1. The van der Waals surface area contributed by atoms with Crippen LogP contribution in [0, 0.1) is 0 Å². The number of nitrogens with one attached hydrogen (secondary N) is 1. The number of nitrogens with zero attached hydrogens (tertiary/aromatic N) is 1. The number of amides is 1. The summed E-state index contributed by atoms with van der Waals surface area (Å²) in [7, 11) is 0. The molecule has 1 aromatic heterocycles. The number of hydrogen-bond donors (Lipinski definition) is 2. The number of pyridine rings is 1. The van der Waals surface area contributed by atoms with E-state index < -0.39 is 11.9 Å². The van der Waals surface area contributed by atoms with E-state index in [0.717, 1.165) is 4.47 Å². The number of rotatable bonds is 4. The summed E-state index contributed by atoms with van der Waals surface area (Å²) in [6.07, 6.45) is 3.27. The SMILES string of the molecule is NC(=O)[C@H](Nc1cncc(Br)c1)c1cccc(Cl)c1. The van der Waals surface area contributed by atoms with Crippen LogP contribution in [0.15, 0.2) is 47.2 Å². The van der Waals surface area contributed by atoms with Crippen LogP contribution in [0.1, 0.15) is 11.6 Å². The van der Waals surface area contributed by atoms with Gasteiger partial charge in [-0.15, -0.1) is 0 Å². The van der Waals surface area contributed by atoms with Crippen LogP contribution in [0.2, 0.25) is 5.02 Å². The quantitative estimate of drug-likeness (QED) is 0.898. The first-order valence-corrected chi connectivity index (χ1v) is 6.65. The van der Waals surface area contributed by atoms with Crippen LogP contribution in [0.5, 0.6) is 0 Å². The van der Waals surface area contributed by atoms with Crippen molar-refractivity contribution in [2.75, 3.05) is 5.32 Å². The molecule has 1 aromatic carbocycles. The van der Waals surface area contributed by atoms with Gasteiger partial charge in [-0.1, -0.05) is 23.7 Å². The van der Waals surface area contributed by atoms with Crippen molar-refractivity contribution in [1.29, 1.82) is 0 Å². The molecule has 0 radical (unpaired) electrons. The van der Waals surface area contributed by atoms with E-state index in [1.165, 1.54) is 0 Å². The molecule has 0 aliphatic carbocycles. The van der Waals surface area contributed by atoms with Crippen molar-refractivity contribution < 1.29 is 4.79 Å². The van der Waals surface area contributed by atoms with Crippen molar-refractivity contribution in [3.8, 4) is 0 Å². The van der Waals surface area contributed by atoms with Gasteiger partial charge in [0.1, 0.15) is 6.04 Å². The Bertz CT molecular complexity index is 606. The summed E-state index contributed by atoms with van der Waals surface area (Å²) < 4.78 is 0.812. The first-order valence-electron chi connectivity index (χ1n) is 5.48. The largest absolute Gasteiger partial charge is 0.369 e. The van der Waals surface area contributed by atoms with E-state index in [1.807, 2.05) is 6.07 Å². The number of carbonyl (C=O) groups is 1. The molecule has 0 unspecified atom stereocenters. The third-order valence-corrected chi connectivity index (χ3v) is 3.15. The molecule has 2 rings (SSSR count). The number of aromatic nitrogens is 1. The molecule has 6 heteroatoms.